The minimum atomic E-state index is -1.05. The highest BCUT2D eigenvalue weighted by Crippen LogP contribution is 2.31. The van der Waals surface area contributed by atoms with Crippen LogP contribution in [0, 0.1) is 5.92 Å². The SMILES string of the molecule is CCC(C)C(NC(=O)CCN1C(=O)COc2ccccc21)C(=O)O. The van der Waals surface area contributed by atoms with Crippen molar-refractivity contribution in [3.05, 3.63) is 24.3 Å². The van der Waals surface area contributed by atoms with Gasteiger partial charge < -0.3 is 20.1 Å². The summed E-state index contributed by atoms with van der Waals surface area (Å²) >= 11 is 0. The number of aliphatic carboxylic acids is 1. The number of hydrogen-bond donors (Lipinski definition) is 2. The molecule has 7 nitrogen and oxygen atoms in total. The van der Waals surface area contributed by atoms with Crippen LogP contribution in [0.4, 0.5) is 5.69 Å². The molecule has 0 saturated heterocycles. The van der Waals surface area contributed by atoms with E-state index >= 15 is 0 Å². The zero-order valence-electron chi connectivity index (χ0n) is 13.8. The molecule has 2 atom stereocenters. The van der Waals surface area contributed by atoms with Crippen molar-refractivity contribution in [2.75, 3.05) is 18.1 Å². The van der Waals surface area contributed by atoms with E-state index in [9.17, 15) is 19.5 Å². The van der Waals surface area contributed by atoms with Crippen molar-refractivity contribution in [1.29, 1.82) is 0 Å². The minimum absolute atomic E-state index is 0.0281. The zero-order chi connectivity index (χ0) is 17.7. The highest BCUT2D eigenvalue weighted by atomic mass is 16.5. The number of nitrogens with one attached hydrogen (secondary N) is 1. The van der Waals surface area contributed by atoms with E-state index in [1.807, 2.05) is 13.0 Å². The maximum absolute atomic E-state index is 12.1. The summed E-state index contributed by atoms with van der Waals surface area (Å²) in [5, 5.41) is 11.8. The first-order valence-corrected chi connectivity index (χ1v) is 7.98. The van der Waals surface area contributed by atoms with Gasteiger partial charge in [-0.1, -0.05) is 32.4 Å². The molecule has 24 heavy (non-hydrogen) atoms. The van der Waals surface area contributed by atoms with Crippen LogP contribution < -0.4 is 15.0 Å². The van der Waals surface area contributed by atoms with E-state index in [1.165, 1.54) is 4.90 Å². The number of amides is 2. The number of carbonyl (C=O) groups excluding carboxylic acids is 2. The number of para-hydroxylation sites is 2. The topological polar surface area (TPSA) is 95.9 Å². The van der Waals surface area contributed by atoms with Gasteiger partial charge in [0.25, 0.3) is 5.91 Å². The molecule has 1 aromatic rings. The molecule has 0 radical (unpaired) electrons. The largest absolute Gasteiger partial charge is 0.482 e. The lowest BCUT2D eigenvalue weighted by molar-refractivity contribution is -0.143. The molecule has 2 unspecified atom stereocenters. The van der Waals surface area contributed by atoms with Gasteiger partial charge >= 0.3 is 5.97 Å². The van der Waals surface area contributed by atoms with Crippen molar-refractivity contribution in [3.63, 3.8) is 0 Å². The molecule has 7 heteroatoms. The second kappa shape index (κ2) is 7.81. The van der Waals surface area contributed by atoms with Crippen LogP contribution >= 0.6 is 0 Å². The molecule has 0 aromatic heterocycles. The average molecular weight is 334 g/mol. The van der Waals surface area contributed by atoms with E-state index in [2.05, 4.69) is 5.32 Å². The Kier molecular flexibility index (Phi) is 5.78. The van der Waals surface area contributed by atoms with Crippen molar-refractivity contribution in [2.24, 2.45) is 5.92 Å². The zero-order valence-corrected chi connectivity index (χ0v) is 13.8. The highest BCUT2D eigenvalue weighted by molar-refractivity contribution is 5.98. The summed E-state index contributed by atoms with van der Waals surface area (Å²) in [4.78, 5) is 36.9. The first-order valence-electron chi connectivity index (χ1n) is 7.98. The molecule has 130 valence electrons. The third-order valence-electron chi connectivity index (χ3n) is 4.17. The fourth-order valence-electron chi connectivity index (χ4n) is 2.54. The quantitative estimate of drug-likeness (QED) is 0.786. The summed E-state index contributed by atoms with van der Waals surface area (Å²) in [5.41, 5.74) is 0.623. The lowest BCUT2D eigenvalue weighted by Crippen LogP contribution is -2.46. The highest BCUT2D eigenvalue weighted by Gasteiger charge is 2.28. The van der Waals surface area contributed by atoms with Gasteiger partial charge in [0.2, 0.25) is 5.91 Å². The Labute approximate surface area is 140 Å². The maximum atomic E-state index is 12.1. The van der Waals surface area contributed by atoms with E-state index in [1.54, 1.807) is 25.1 Å². The van der Waals surface area contributed by atoms with Crippen LogP contribution in [0.1, 0.15) is 26.7 Å². The summed E-state index contributed by atoms with van der Waals surface area (Å²) < 4.78 is 5.35. The first kappa shape index (κ1) is 17.8. The van der Waals surface area contributed by atoms with Crippen LogP contribution in [-0.2, 0) is 14.4 Å². The molecule has 1 aliphatic rings. The van der Waals surface area contributed by atoms with Gasteiger partial charge in [-0.15, -0.1) is 0 Å². The van der Waals surface area contributed by atoms with Gasteiger partial charge in [-0.25, -0.2) is 4.79 Å². The van der Waals surface area contributed by atoms with E-state index in [-0.39, 0.29) is 37.3 Å². The number of anilines is 1. The summed E-state index contributed by atoms with van der Waals surface area (Å²) in [6, 6.07) is 6.19. The Bertz CT molecular complexity index is 631. The Hall–Kier alpha value is -2.57. The Morgan fingerprint density at radius 2 is 2.08 bits per heavy atom. The van der Waals surface area contributed by atoms with Crippen LogP contribution in [0.2, 0.25) is 0 Å². The fraction of sp³-hybridized carbons (Fsp3) is 0.471. The van der Waals surface area contributed by atoms with Crippen LogP contribution in [0.15, 0.2) is 24.3 Å². The molecule has 1 aromatic carbocycles. The van der Waals surface area contributed by atoms with Crippen molar-refractivity contribution in [1.82, 2.24) is 5.32 Å². The van der Waals surface area contributed by atoms with Gasteiger partial charge in [0.05, 0.1) is 5.69 Å². The van der Waals surface area contributed by atoms with E-state index in [0.29, 0.717) is 17.9 Å². The molecular weight excluding hydrogens is 312 g/mol. The van der Waals surface area contributed by atoms with Crippen molar-refractivity contribution in [3.8, 4) is 5.75 Å². The molecule has 0 saturated carbocycles. The van der Waals surface area contributed by atoms with E-state index in [0.717, 1.165) is 0 Å². The molecule has 2 rings (SSSR count). The second-order valence-electron chi connectivity index (χ2n) is 5.82. The van der Waals surface area contributed by atoms with Gasteiger partial charge in [-0.05, 0) is 18.1 Å². The molecular formula is C17H22N2O5. The van der Waals surface area contributed by atoms with E-state index in [4.69, 9.17) is 4.74 Å². The second-order valence-corrected chi connectivity index (χ2v) is 5.82. The predicted octanol–water partition coefficient (Wildman–Crippen LogP) is 1.42. The number of ether oxygens (including phenoxy) is 1. The summed E-state index contributed by atoms with van der Waals surface area (Å²) in [7, 11) is 0. The summed E-state index contributed by atoms with van der Waals surface area (Å²) in [6.45, 7) is 3.76. The molecule has 0 fully saturated rings. The van der Waals surface area contributed by atoms with Crippen molar-refractivity contribution < 1.29 is 24.2 Å². The van der Waals surface area contributed by atoms with Gasteiger partial charge in [0, 0.05) is 13.0 Å². The minimum Gasteiger partial charge on any atom is -0.482 e. The predicted molar refractivity (Wildman–Crippen MR) is 87.9 cm³/mol. The maximum Gasteiger partial charge on any atom is 0.326 e. The Morgan fingerprint density at radius 1 is 1.38 bits per heavy atom. The summed E-state index contributed by atoms with van der Waals surface area (Å²) in [6.07, 6.45) is 0.673. The van der Waals surface area contributed by atoms with Crippen LogP contribution in [0.3, 0.4) is 0 Å². The summed E-state index contributed by atoms with van der Waals surface area (Å²) in [5.74, 6) is -1.24. The number of fused-ring (bicyclic) bond motifs is 1. The molecule has 0 spiro atoms. The van der Waals surface area contributed by atoms with Gasteiger partial charge in [-0.3, -0.25) is 9.59 Å². The number of carboxylic acids is 1. The third-order valence-corrected chi connectivity index (χ3v) is 4.17. The van der Waals surface area contributed by atoms with Gasteiger partial charge in [-0.2, -0.15) is 0 Å². The lowest BCUT2D eigenvalue weighted by Gasteiger charge is -2.29. The molecule has 0 bridgehead atoms. The van der Waals surface area contributed by atoms with Gasteiger partial charge in [0.15, 0.2) is 6.61 Å². The molecule has 2 N–H and O–H groups in total. The van der Waals surface area contributed by atoms with Gasteiger partial charge in [0.1, 0.15) is 11.8 Å². The number of hydrogen-bond acceptors (Lipinski definition) is 4. The number of benzene rings is 1. The van der Waals surface area contributed by atoms with Crippen LogP contribution in [0.5, 0.6) is 5.75 Å². The standard InChI is InChI=1S/C17H22N2O5/c1-3-11(2)16(17(22)23)18-14(20)8-9-19-12-6-4-5-7-13(12)24-10-15(19)21/h4-7,11,16H,3,8-10H2,1-2H3,(H,18,20)(H,22,23). The van der Waals surface area contributed by atoms with Crippen LogP contribution in [0.25, 0.3) is 0 Å². The monoisotopic (exact) mass is 334 g/mol. The number of carbonyl (C=O) groups is 3. The Morgan fingerprint density at radius 3 is 2.75 bits per heavy atom. The number of carboxylic acid groups (broad SMARTS) is 1. The van der Waals surface area contributed by atoms with Crippen molar-refractivity contribution in [2.45, 2.75) is 32.7 Å². The lowest BCUT2D eigenvalue weighted by atomic mass is 9.99. The molecule has 1 aliphatic heterocycles. The molecule has 0 aliphatic carbocycles. The number of nitrogens with zero attached hydrogens (tertiary/aromatic N) is 1. The number of rotatable bonds is 7. The fourth-order valence-corrected chi connectivity index (χ4v) is 2.54. The van der Waals surface area contributed by atoms with E-state index < -0.39 is 12.0 Å². The third kappa shape index (κ3) is 4.04. The molecule has 1 heterocycles. The Balaban J connectivity index is 1.99. The molecule has 2 amide bonds. The van der Waals surface area contributed by atoms with Crippen LogP contribution in [-0.4, -0.2) is 42.1 Å². The average Bonchev–Trinajstić information content (AvgIpc) is 2.57. The van der Waals surface area contributed by atoms with Crippen molar-refractivity contribution >= 4 is 23.5 Å². The first-order chi connectivity index (χ1) is 11.4. The smallest absolute Gasteiger partial charge is 0.326 e. The normalized spacial score (nSPS) is 15.9.